The van der Waals surface area contributed by atoms with Gasteiger partial charge in [0, 0.05) is 17.6 Å². The minimum Gasteiger partial charge on any atom is -0.229 e. The fourth-order valence-corrected chi connectivity index (χ4v) is 2.79. The van der Waals surface area contributed by atoms with E-state index in [1.54, 1.807) is 11.3 Å². The van der Waals surface area contributed by atoms with Crippen molar-refractivity contribution < 1.29 is 8.42 Å². The topological polar surface area (TPSA) is 34.1 Å². The van der Waals surface area contributed by atoms with Crippen molar-refractivity contribution in [3.8, 4) is 0 Å². The van der Waals surface area contributed by atoms with Gasteiger partial charge in [0.1, 0.15) is 9.84 Å². The minimum atomic E-state index is -2.83. The molecule has 0 saturated heterocycles. The normalized spacial score (nSPS) is 11.8. The second-order valence-electron chi connectivity index (χ2n) is 2.76. The Balaban J connectivity index is 2.36. The van der Waals surface area contributed by atoms with Crippen LogP contribution in [0.1, 0.15) is 11.3 Å². The molecule has 1 aromatic rings. The fourth-order valence-electron chi connectivity index (χ4n) is 0.853. The highest BCUT2D eigenvalue weighted by Gasteiger charge is 2.03. The predicted octanol–water partition coefficient (Wildman–Crippen LogP) is 2.50. The first-order valence-electron chi connectivity index (χ1n) is 3.74. The van der Waals surface area contributed by atoms with Crippen molar-refractivity contribution in [3.63, 3.8) is 0 Å². The molecule has 0 unspecified atom stereocenters. The molecule has 0 saturated carbocycles. The Hall–Kier alpha value is 0.130. The standard InChI is InChI=1S/C8H10BrO2S2/c1-13(10,11)6-2-3-7-4-5-8(9)12-7/h3-5H,2,6H2,1H3. The van der Waals surface area contributed by atoms with Crippen LogP contribution in [-0.4, -0.2) is 20.4 Å². The molecule has 2 nitrogen and oxygen atoms in total. The Morgan fingerprint density at radius 1 is 1.54 bits per heavy atom. The van der Waals surface area contributed by atoms with Gasteiger partial charge in [-0.05, 0) is 34.5 Å². The van der Waals surface area contributed by atoms with Crippen LogP contribution in [0.3, 0.4) is 0 Å². The highest BCUT2D eigenvalue weighted by atomic mass is 79.9. The summed E-state index contributed by atoms with van der Waals surface area (Å²) in [4.78, 5) is 1.11. The average Bonchev–Trinajstić information content (AvgIpc) is 2.33. The predicted molar refractivity (Wildman–Crippen MR) is 59.7 cm³/mol. The van der Waals surface area contributed by atoms with Gasteiger partial charge in [-0.1, -0.05) is 0 Å². The maximum atomic E-state index is 10.8. The van der Waals surface area contributed by atoms with E-state index in [0.29, 0.717) is 6.42 Å². The van der Waals surface area contributed by atoms with Crippen LogP contribution in [0, 0.1) is 6.42 Å². The van der Waals surface area contributed by atoms with Crippen LogP contribution < -0.4 is 0 Å². The third-order valence-corrected chi connectivity index (χ3v) is 4.02. The van der Waals surface area contributed by atoms with E-state index in [1.807, 2.05) is 18.6 Å². The summed E-state index contributed by atoms with van der Waals surface area (Å²) in [6.07, 6.45) is 3.79. The van der Waals surface area contributed by atoms with Gasteiger partial charge in [-0.3, -0.25) is 0 Å². The third-order valence-electron chi connectivity index (χ3n) is 1.43. The molecule has 0 spiro atoms. The zero-order valence-corrected chi connectivity index (χ0v) is 10.4. The van der Waals surface area contributed by atoms with Gasteiger partial charge < -0.3 is 0 Å². The van der Waals surface area contributed by atoms with Crippen molar-refractivity contribution in [1.29, 1.82) is 0 Å². The molecule has 1 heterocycles. The van der Waals surface area contributed by atoms with E-state index < -0.39 is 9.84 Å². The highest BCUT2D eigenvalue weighted by Crippen LogP contribution is 2.24. The van der Waals surface area contributed by atoms with Crippen LogP contribution in [0.4, 0.5) is 0 Å². The summed E-state index contributed by atoms with van der Waals surface area (Å²) in [5, 5.41) is 0. The Morgan fingerprint density at radius 3 is 2.69 bits per heavy atom. The summed E-state index contributed by atoms with van der Waals surface area (Å²) in [6, 6.07) is 3.92. The SMILES string of the molecule is CS(=O)(=O)CC[CH]c1ccc(Br)s1. The fraction of sp³-hybridized carbons (Fsp3) is 0.375. The van der Waals surface area contributed by atoms with Crippen molar-refractivity contribution in [2.45, 2.75) is 6.42 Å². The van der Waals surface area contributed by atoms with E-state index in [0.717, 1.165) is 8.66 Å². The molecule has 1 rings (SSSR count). The van der Waals surface area contributed by atoms with Gasteiger partial charge in [-0.25, -0.2) is 8.42 Å². The lowest BCUT2D eigenvalue weighted by atomic mass is 10.3. The quantitative estimate of drug-likeness (QED) is 0.850. The first kappa shape index (κ1) is 11.2. The number of hydrogen-bond donors (Lipinski definition) is 0. The Morgan fingerprint density at radius 2 is 2.23 bits per heavy atom. The molecule has 0 fully saturated rings. The molecular weight excluding hydrogens is 272 g/mol. The van der Waals surface area contributed by atoms with Crippen LogP contribution in [-0.2, 0) is 9.84 Å². The summed E-state index contributed by atoms with van der Waals surface area (Å²) >= 11 is 4.95. The number of thiophene rings is 1. The zero-order chi connectivity index (χ0) is 9.90. The molecule has 0 aliphatic carbocycles. The number of halogens is 1. The third kappa shape index (κ3) is 4.78. The molecule has 0 bridgehead atoms. The van der Waals surface area contributed by atoms with E-state index in [1.165, 1.54) is 6.26 Å². The Kier molecular flexibility index (Phi) is 3.94. The van der Waals surface area contributed by atoms with Crippen molar-refractivity contribution >= 4 is 37.1 Å². The summed E-state index contributed by atoms with van der Waals surface area (Å²) < 4.78 is 22.7. The van der Waals surface area contributed by atoms with E-state index in [2.05, 4.69) is 15.9 Å². The summed E-state index contributed by atoms with van der Waals surface area (Å²) in [7, 11) is -2.83. The van der Waals surface area contributed by atoms with E-state index in [4.69, 9.17) is 0 Å². The number of hydrogen-bond acceptors (Lipinski definition) is 3. The summed E-state index contributed by atoms with van der Waals surface area (Å²) in [5.41, 5.74) is 0. The van der Waals surface area contributed by atoms with Crippen LogP contribution in [0.15, 0.2) is 15.9 Å². The molecular formula is C8H10BrO2S2. The van der Waals surface area contributed by atoms with E-state index in [9.17, 15) is 8.42 Å². The maximum absolute atomic E-state index is 10.8. The molecule has 1 radical (unpaired) electrons. The molecule has 0 N–H and O–H groups in total. The molecule has 5 heteroatoms. The summed E-state index contributed by atoms with van der Waals surface area (Å²) in [5.74, 6) is 0.225. The van der Waals surface area contributed by atoms with Crippen LogP contribution in [0.2, 0.25) is 0 Å². The zero-order valence-electron chi connectivity index (χ0n) is 7.16. The van der Waals surface area contributed by atoms with Crippen molar-refractivity contribution in [2.75, 3.05) is 12.0 Å². The second kappa shape index (κ2) is 4.57. The molecule has 0 amide bonds. The van der Waals surface area contributed by atoms with Gasteiger partial charge in [0.15, 0.2) is 0 Å². The molecule has 0 aromatic carbocycles. The second-order valence-corrected chi connectivity index (χ2v) is 7.52. The average molecular weight is 282 g/mol. The first-order valence-corrected chi connectivity index (χ1v) is 7.41. The number of sulfone groups is 1. The Bertz CT molecular complexity index is 367. The van der Waals surface area contributed by atoms with Crippen LogP contribution in [0.25, 0.3) is 0 Å². The molecule has 13 heavy (non-hydrogen) atoms. The van der Waals surface area contributed by atoms with Crippen LogP contribution in [0.5, 0.6) is 0 Å². The molecule has 73 valence electrons. The monoisotopic (exact) mass is 281 g/mol. The van der Waals surface area contributed by atoms with Crippen molar-refractivity contribution in [2.24, 2.45) is 0 Å². The van der Waals surface area contributed by atoms with Gasteiger partial charge in [-0.15, -0.1) is 11.3 Å². The van der Waals surface area contributed by atoms with Gasteiger partial charge >= 0.3 is 0 Å². The smallest absolute Gasteiger partial charge is 0.147 e. The van der Waals surface area contributed by atoms with Gasteiger partial charge in [0.25, 0.3) is 0 Å². The van der Waals surface area contributed by atoms with E-state index in [-0.39, 0.29) is 5.75 Å². The lowest BCUT2D eigenvalue weighted by Crippen LogP contribution is -2.02. The number of rotatable bonds is 4. The van der Waals surface area contributed by atoms with Gasteiger partial charge in [-0.2, -0.15) is 0 Å². The van der Waals surface area contributed by atoms with E-state index >= 15 is 0 Å². The minimum absolute atomic E-state index is 0.225. The van der Waals surface area contributed by atoms with Gasteiger partial charge in [0.05, 0.1) is 9.54 Å². The van der Waals surface area contributed by atoms with Crippen molar-refractivity contribution in [1.82, 2.24) is 0 Å². The lowest BCUT2D eigenvalue weighted by molar-refractivity contribution is 0.601. The molecule has 0 atom stereocenters. The largest absolute Gasteiger partial charge is 0.229 e. The highest BCUT2D eigenvalue weighted by molar-refractivity contribution is 9.11. The maximum Gasteiger partial charge on any atom is 0.147 e. The van der Waals surface area contributed by atoms with Crippen LogP contribution >= 0.6 is 27.3 Å². The van der Waals surface area contributed by atoms with Gasteiger partial charge in [0.2, 0.25) is 0 Å². The summed E-state index contributed by atoms with van der Waals surface area (Å²) in [6.45, 7) is 0. The molecule has 0 aliphatic heterocycles. The first-order chi connectivity index (χ1) is 5.97. The lowest BCUT2D eigenvalue weighted by Gasteiger charge is -1.95. The Labute approximate surface area is 91.0 Å². The van der Waals surface area contributed by atoms with Crippen molar-refractivity contribution in [3.05, 3.63) is 27.2 Å². The molecule has 0 aliphatic rings. The molecule has 1 aromatic heterocycles.